The molecular weight excluding hydrogens is 363 g/mol. The van der Waals surface area contributed by atoms with Crippen molar-refractivity contribution in [2.75, 3.05) is 38.1 Å². The number of rotatable bonds is 4. The molecule has 1 unspecified atom stereocenters. The van der Waals surface area contributed by atoms with Gasteiger partial charge in [0.2, 0.25) is 0 Å². The first kappa shape index (κ1) is 14.4. The van der Waals surface area contributed by atoms with Gasteiger partial charge in [0, 0.05) is 23.2 Å². The predicted octanol–water partition coefficient (Wildman–Crippen LogP) is 3.08. The largest absolute Gasteiger partial charge is 0.381 e. The fraction of sp³-hybridized carbons (Fsp3) is 0.538. The fourth-order valence-electron chi connectivity index (χ4n) is 2.05. The molecule has 1 heterocycles. The topological polar surface area (TPSA) is 24.5 Å². The minimum Gasteiger partial charge on any atom is -0.381 e. The van der Waals surface area contributed by atoms with Gasteiger partial charge >= 0.3 is 0 Å². The molecule has 1 aromatic rings. The molecule has 1 saturated heterocycles. The van der Waals surface area contributed by atoms with Gasteiger partial charge in [0.05, 0.1) is 23.4 Å². The Kier molecular flexibility index (Phi) is 5.54. The van der Waals surface area contributed by atoms with E-state index in [0.717, 1.165) is 43.5 Å². The van der Waals surface area contributed by atoms with Gasteiger partial charge in [-0.2, -0.15) is 0 Å². The summed E-state index contributed by atoms with van der Waals surface area (Å²) in [5.74, 6) is 0. The monoisotopic (exact) mass is 380 g/mol. The lowest BCUT2D eigenvalue weighted by atomic mass is 10.2. The average molecular weight is 381 g/mol. The van der Waals surface area contributed by atoms with Gasteiger partial charge in [-0.3, -0.25) is 4.90 Å². The Bertz CT molecular complexity index is 403. The predicted molar refractivity (Wildman–Crippen MR) is 84.5 cm³/mol. The van der Waals surface area contributed by atoms with Crippen LogP contribution in [0.15, 0.2) is 18.2 Å². The molecular formula is C13H18ClIN2O. The van der Waals surface area contributed by atoms with Crippen LogP contribution in [0.5, 0.6) is 0 Å². The first-order chi connectivity index (χ1) is 8.69. The number of morpholine rings is 1. The van der Waals surface area contributed by atoms with Crippen LogP contribution in [0.3, 0.4) is 0 Å². The maximum atomic E-state index is 6.15. The normalized spacial score (nSPS) is 20.9. The van der Waals surface area contributed by atoms with Crippen molar-refractivity contribution in [3.63, 3.8) is 0 Å². The number of likely N-dealkylation sites (N-methyl/N-ethyl adjacent to an activating group) is 1. The summed E-state index contributed by atoms with van der Waals surface area (Å²) in [6.45, 7) is 6.93. The molecule has 2 rings (SSSR count). The molecule has 0 aliphatic carbocycles. The van der Waals surface area contributed by atoms with Crippen LogP contribution < -0.4 is 5.32 Å². The van der Waals surface area contributed by atoms with Crippen LogP contribution in [0.4, 0.5) is 5.69 Å². The van der Waals surface area contributed by atoms with E-state index >= 15 is 0 Å². The minimum absolute atomic E-state index is 0.243. The number of hydrogen-bond acceptors (Lipinski definition) is 3. The quantitative estimate of drug-likeness (QED) is 0.813. The van der Waals surface area contributed by atoms with Crippen molar-refractivity contribution in [3.05, 3.63) is 26.8 Å². The molecule has 1 aromatic carbocycles. The molecule has 1 aliphatic rings. The second-order valence-corrected chi connectivity index (χ2v) is 6.04. The molecule has 1 aliphatic heterocycles. The highest BCUT2D eigenvalue weighted by atomic mass is 127. The zero-order chi connectivity index (χ0) is 13.0. The van der Waals surface area contributed by atoms with Crippen LogP contribution in [0.25, 0.3) is 0 Å². The van der Waals surface area contributed by atoms with Crippen molar-refractivity contribution in [2.24, 2.45) is 0 Å². The first-order valence-electron chi connectivity index (χ1n) is 6.22. The van der Waals surface area contributed by atoms with E-state index in [1.807, 2.05) is 12.1 Å². The second-order valence-electron chi connectivity index (χ2n) is 4.39. The number of anilines is 1. The number of nitrogens with one attached hydrogen (secondary N) is 1. The third-order valence-corrected chi connectivity index (χ3v) is 4.12. The Hall–Kier alpha value is -0.0400. The molecule has 0 radical (unpaired) electrons. The molecule has 1 N–H and O–H groups in total. The minimum atomic E-state index is 0.243. The molecule has 0 aromatic heterocycles. The summed E-state index contributed by atoms with van der Waals surface area (Å²) in [6.07, 6.45) is 0.243. The average Bonchev–Trinajstić information content (AvgIpc) is 2.40. The summed E-state index contributed by atoms with van der Waals surface area (Å²) in [5.41, 5.74) is 0.987. The van der Waals surface area contributed by atoms with E-state index in [4.69, 9.17) is 16.3 Å². The molecule has 1 atom stereocenters. The fourth-order valence-corrected chi connectivity index (χ4v) is 2.72. The van der Waals surface area contributed by atoms with E-state index in [-0.39, 0.29) is 6.10 Å². The highest BCUT2D eigenvalue weighted by Gasteiger charge is 2.19. The third kappa shape index (κ3) is 3.98. The van der Waals surface area contributed by atoms with E-state index in [0.29, 0.717) is 0 Å². The van der Waals surface area contributed by atoms with Crippen molar-refractivity contribution < 1.29 is 4.74 Å². The Morgan fingerprint density at radius 1 is 1.56 bits per heavy atom. The van der Waals surface area contributed by atoms with Crippen LogP contribution in [0.2, 0.25) is 5.02 Å². The van der Waals surface area contributed by atoms with Gasteiger partial charge in [-0.05, 0) is 47.3 Å². The van der Waals surface area contributed by atoms with Crippen molar-refractivity contribution in [1.29, 1.82) is 0 Å². The summed E-state index contributed by atoms with van der Waals surface area (Å²) in [6, 6.07) is 5.99. The molecule has 18 heavy (non-hydrogen) atoms. The molecule has 100 valence electrons. The maximum Gasteiger partial charge on any atom is 0.0874 e. The molecule has 5 heteroatoms. The summed E-state index contributed by atoms with van der Waals surface area (Å²) in [5, 5.41) is 4.14. The van der Waals surface area contributed by atoms with Gasteiger partial charge in [-0.25, -0.2) is 0 Å². The van der Waals surface area contributed by atoms with E-state index in [2.05, 4.69) is 45.8 Å². The van der Waals surface area contributed by atoms with Crippen LogP contribution in [-0.4, -0.2) is 43.8 Å². The van der Waals surface area contributed by atoms with Crippen molar-refractivity contribution >= 4 is 39.9 Å². The molecule has 0 amide bonds. The van der Waals surface area contributed by atoms with Crippen LogP contribution in [0, 0.1) is 3.57 Å². The van der Waals surface area contributed by atoms with E-state index in [1.54, 1.807) is 0 Å². The zero-order valence-electron chi connectivity index (χ0n) is 10.5. The SMILES string of the molecule is CCN1CCOC(CNc2cc(I)ccc2Cl)C1. The van der Waals surface area contributed by atoms with Gasteiger partial charge in [-0.1, -0.05) is 18.5 Å². The number of hydrogen-bond donors (Lipinski definition) is 1. The summed E-state index contributed by atoms with van der Waals surface area (Å²) < 4.78 is 6.93. The zero-order valence-corrected chi connectivity index (χ0v) is 13.4. The number of halogens is 2. The van der Waals surface area contributed by atoms with Crippen LogP contribution in [0.1, 0.15) is 6.92 Å². The van der Waals surface area contributed by atoms with Crippen molar-refractivity contribution in [3.8, 4) is 0 Å². The Morgan fingerprint density at radius 2 is 2.39 bits per heavy atom. The summed E-state index contributed by atoms with van der Waals surface area (Å²) in [4.78, 5) is 2.41. The van der Waals surface area contributed by atoms with Crippen LogP contribution in [-0.2, 0) is 4.74 Å². The third-order valence-electron chi connectivity index (χ3n) is 3.12. The Balaban J connectivity index is 1.89. The Labute approximate surface area is 127 Å². The number of nitrogens with zero attached hydrogens (tertiary/aromatic N) is 1. The van der Waals surface area contributed by atoms with Crippen molar-refractivity contribution in [2.45, 2.75) is 13.0 Å². The lowest BCUT2D eigenvalue weighted by Crippen LogP contribution is -2.45. The van der Waals surface area contributed by atoms with E-state index < -0.39 is 0 Å². The lowest BCUT2D eigenvalue weighted by Gasteiger charge is -2.32. The van der Waals surface area contributed by atoms with Crippen LogP contribution >= 0.6 is 34.2 Å². The first-order valence-corrected chi connectivity index (χ1v) is 7.67. The second kappa shape index (κ2) is 6.93. The number of benzene rings is 1. The standard InChI is InChI=1S/C13H18ClIN2O/c1-2-17-5-6-18-11(9-17)8-16-13-7-10(15)3-4-12(13)14/h3-4,7,11,16H,2,5-6,8-9H2,1H3. The summed E-state index contributed by atoms with van der Waals surface area (Å²) >= 11 is 8.44. The molecule has 3 nitrogen and oxygen atoms in total. The van der Waals surface area contributed by atoms with Gasteiger partial charge in [-0.15, -0.1) is 0 Å². The smallest absolute Gasteiger partial charge is 0.0874 e. The molecule has 0 bridgehead atoms. The van der Waals surface area contributed by atoms with Gasteiger partial charge < -0.3 is 10.1 Å². The highest BCUT2D eigenvalue weighted by molar-refractivity contribution is 14.1. The van der Waals surface area contributed by atoms with E-state index in [9.17, 15) is 0 Å². The molecule has 0 saturated carbocycles. The van der Waals surface area contributed by atoms with E-state index in [1.165, 1.54) is 3.57 Å². The van der Waals surface area contributed by atoms with Gasteiger partial charge in [0.1, 0.15) is 0 Å². The van der Waals surface area contributed by atoms with Gasteiger partial charge in [0.25, 0.3) is 0 Å². The van der Waals surface area contributed by atoms with Gasteiger partial charge in [0.15, 0.2) is 0 Å². The summed E-state index contributed by atoms with van der Waals surface area (Å²) in [7, 11) is 0. The Morgan fingerprint density at radius 3 is 3.17 bits per heavy atom. The molecule has 1 fully saturated rings. The number of ether oxygens (including phenoxy) is 1. The molecule has 0 spiro atoms. The van der Waals surface area contributed by atoms with Crippen molar-refractivity contribution in [1.82, 2.24) is 4.90 Å². The highest BCUT2D eigenvalue weighted by Crippen LogP contribution is 2.24. The maximum absolute atomic E-state index is 6.15. The lowest BCUT2D eigenvalue weighted by molar-refractivity contribution is -0.0191.